The molecule has 2 aromatic heterocycles. The second kappa shape index (κ2) is 4.09. The Balaban J connectivity index is 2.53. The summed E-state index contributed by atoms with van der Waals surface area (Å²) in [4.78, 5) is 15.6. The van der Waals surface area contributed by atoms with E-state index in [1.807, 2.05) is 6.92 Å². The number of nitrogens with zero attached hydrogens (tertiary/aromatic N) is 3. The van der Waals surface area contributed by atoms with Crippen molar-refractivity contribution < 1.29 is 9.53 Å². The molecule has 0 amide bonds. The molecule has 84 valence electrons. The average Bonchev–Trinajstić information content (AvgIpc) is 2.59. The molecule has 16 heavy (non-hydrogen) atoms. The maximum atomic E-state index is 11.5. The number of esters is 1. The lowest BCUT2D eigenvalue weighted by Crippen LogP contribution is -2.08. The van der Waals surface area contributed by atoms with Crippen LogP contribution >= 0.6 is 11.6 Å². The minimum Gasteiger partial charge on any atom is -0.461 e. The first kappa shape index (κ1) is 10.9. The van der Waals surface area contributed by atoms with E-state index in [-0.39, 0.29) is 5.69 Å². The second-order valence-electron chi connectivity index (χ2n) is 3.24. The van der Waals surface area contributed by atoms with Crippen LogP contribution in [0.2, 0.25) is 5.15 Å². The highest BCUT2D eigenvalue weighted by Gasteiger charge is 2.13. The highest BCUT2D eigenvalue weighted by molar-refractivity contribution is 6.30. The summed E-state index contributed by atoms with van der Waals surface area (Å²) in [6.45, 7) is 3.87. The smallest absolute Gasteiger partial charge is 0.357 e. The Morgan fingerprint density at radius 2 is 2.31 bits per heavy atom. The number of aryl methyl sites for hydroxylation is 1. The van der Waals surface area contributed by atoms with Crippen LogP contribution in [0.5, 0.6) is 0 Å². The van der Waals surface area contributed by atoms with E-state index in [1.54, 1.807) is 13.0 Å². The summed E-state index contributed by atoms with van der Waals surface area (Å²) in [5, 5.41) is 4.46. The lowest BCUT2D eigenvalue weighted by atomic mass is 10.4. The monoisotopic (exact) mass is 239 g/mol. The molecule has 2 aromatic rings. The summed E-state index contributed by atoms with van der Waals surface area (Å²) in [7, 11) is 0. The molecule has 0 aliphatic heterocycles. The zero-order valence-electron chi connectivity index (χ0n) is 8.90. The molecule has 0 aromatic carbocycles. The Hall–Kier alpha value is -1.62. The maximum Gasteiger partial charge on any atom is 0.357 e. The first-order valence-electron chi connectivity index (χ1n) is 4.82. The molecule has 0 unspecified atom stereocenters. The van der Waals surface area contributed by atoms with E-state index in [9.17, 15) is 4.79 Å². The predicted molar refractivity (Wildman–Crippen MR) is 58.7 cm³/mol. The number of carbonyl (C=O) groups excluding carboxylic acids is 1. The Kier molecular flexibility index (Phi) is 2.78. The molecule has 6 heteroatoms. The van der Waals surface area contributed by atoms with Gasteiger partial charge in [-0.15, -0.1) is 0 Å². The topological polar surface area (TPSA) is 56.5 Å². The average molecular weight is 240 g/mol. The third-order valence-electron chi connectivity index (χ3n) is 1.99. The van der Waals surface area contributed by atoms with E-state index >= 15 is 0 Å². The summed E-state index contributed by atoms with van der Waals surface area (Å²) >= 11 is 5.97. The van der Waals surface area contributed by atoms with Gasteiger partial charge in [-0.2, -0.15) is 5.10 Å². The van der Waals surface area contributed by atoms with Crippen LogP contribution < -0.4 is 0 Å². The number of aromatic nitrogens is 3. The lowest BCUT2D eigenvalue weighted by Gasteiger charge is -2.02. The lowest BCUT2D eigenvalue weighted by molar-refractivity contribution is 0.0519. The molecule has 5 nitrogen and oxygen atoms in total. The molecular weight excluding hydrogens is 230 g/mol. The molecular formula is C10H10ClN3O2. The van der Waals surface area contributed by atoms with E-state index in [2.05, 4.69) is 10.1 Å². The van der Waals surface area contributed by atoms with E-state index in [4.69, 9.17) is 16.3 Å². The van der Waals surface area contributed by atoms with Crippen LogP contribution in [0.25, 0.3) is 5.65 Å². The van der Waals surface area contributed by atoms with E-state index < -0.39 is 5.97 Å². The Bertz CT molecular complexity index is 550. The van der Waals surface area contributed by atoms with E-state index in [0.717, 1.165) is 5.69 Å². The van der Waals surface area contributed by atoms with Crippen molar-refractivity contribution in [1.29, 1.82) is 0 Å². The highest BCUT2D eigenvalue weighted by atomic mass is 35.5. The van der Waals surface area contributed by atoms with Crippen molar-refractivity contribution in [2.75, 3.05) is 6.61 Å². The number of halogens is 1. The molecule has 0 bridgehead atoms. The highest BCUT2D eigenvalue weighted by Crippen LogP contribution is 2.14. The minimum atomic E-state index is -0.481. The molecule has 0 saturated heterocycles. The fourth-order valence-electron chi connectivity index (χ4n) is 1.36. The Labute approximate surface area is 97.0 Å². The van der Waals surface area contributed by atoms with Crippen molar-refractivity contribution >= 4 is 23.2 Å². The fourth-order valence-corrected chi connectivity index (χ4v) is 1.59. The third kappa shape index (κ3) is 1.86. The second-order valence-corrected chi connectivity index (χ2v) is 3.63. The number of rotatable bonds is 2. The van der Waals surface area contributed by atoms with Gasteiger partial charge in [-0.3, -0.25) is 0 Å². The van der Waals surface area contributed by atoms with Crippen LogP contribution in [0.3, 0.4) is 0 Å². The Morgan fingerprint density at radius 3 is 3.00 bits per heavy atom. The van der Waals surface area contributed by atoms with Crippen LogP contribution in [-0.2, 0) is 4.74 Å². The van der Waals surface area contributed by atoms with Gasteiger partial charge in [0, 0.05) is 12.1 Å². The molecule has 0 spiro atoms. The quantitative estimate of drug-likeness (QED) is 0.593. The summed E-state index contributed by atoms with van der Waals surface area (Å²) in [6, 6.07) is 3.19. The van der Waals surface area contributed by atoms with Crippen LogP contribution in [0.15, 0.2) is 12.1 Å². The number of hydrogen-bond donors (Lipinski definition) is 0. The van der Waals surface area contributed by atoms with Gasteiger partial charge in [-0.05, 0) is 13.8 Å². The van der Waals surface area contributed by atoms with Crippen molar-refractivity contribution in [2.45, 2.75) is 13.8 Å². The van der Waals surface area contributed by atoms with Gasteiger partial charge in [-0.1, -0.05) is 11.6 Å². The van der Waals surface area contributed by atoms with Gasteiger partial charge in [0.05, 0.1) is 12.3 Å². The third-order valence-corrected chi connectivity index (χ3v) is 2.26. The predicted octanol–water partition coefficient (Wildman–Crippen LogP) is 1.87. The van der Waals surface area contributed by atoms with Gasteiger partial charge in [0.15, 0.2) is 11.3 Å². The number of ether oxygens (including phenoxy) is 1. The van der Waals surface area contributed by atoms with Gasteiger partial charge in [0.2, 0.25) is 0 Å². The summed E-state index contributed by atoms with van der Waals surface area (Å²) in [5.74, 6) is -0.481. The Morgan fingerprint density at radius 1 is 1.56 bits per heavy atom. The van der Waals surface area contributed by atoms with Crippen LogP contribution in [-0.4, -0.2) is 27.2 Å². The van der Waals surface area contributed by atoms with Gasteiger partial charge in [-0.25, -0.2) is 14.3 Å². The largest absolute Gasteiger partial charge is 0.461 e. The SMILES string of the molecule is CCOC(=O)c1cc(Cl)n2nc(C)cc2n1. The van der Waals surface area contributed by atoms with Crippen LogP contribution in [0.1, 0.15) is 23.1 Å². The molecule has 2 rings (SSSR count). The van der Waals surface area contributed by atoms with Crippen LogP contribution in [0, 0.1) is 6.92 Å². The van der Waals surface area contributed by atoms with Crippen molar-refractivity contribution in [1.82, 2.24) is 14.6 Å². The number of carbonyl (C=O) groups is 1. The molecule has 0 aliphatic rings. The van der Waals surface area contributed by atoms with Crippen molar-refractivity contribution in [3.8, 4) is 0 Å². The molecule has 0 aliphatic carbocycles. The van der Waals surface area contributed by atoms with Gasteiger partial charge in [0.25, 0.3) is 0 Å². The standard InChI is InChI=1S/C10H10ClN3O2/c1-3-16-10(15)7-5-8(11)14-9(12-7)4-6(2)13-14/h4-5H,3H2,1-2H3. The maximum absolute atomic E-state index is 11.5. The first-order valence-corrected chi connectivity index (χ1v) is 5.19. The van der Waals surface area contributed by atoms with Gasteiger partial charge < -0.3 is 4.74 Å². The van der Waals surface area contributed by atoms with E-state index in [0.29, 0.717) is 17.4 Å². The molecule has 0 N–H and O–H groups in total. The summed E-state index contributed by atoms with van der Waals surface area (Å²) in [5.41, 5.74) is 1.52. The molecule has 0 radical (unpaired) electrons. The van der Waals surface area contributed by atoms with Crippen molar-refractivity contribution in [3.63, 3.8) is 0 Å². The normalized spacial score (nSPS) is 10.7. The minimum absolute atomic E-state index is 0.194. The van der Waals surface area contributed by atoms with E-state index in [1.165, 1.54) is 10.6 Å². The first-order chi connectivity index (χ1) is 7.61. The van der Waals surface area contributed by atoms with Gasteiger partial charge >= 0.3 is 5.97 Å². The van der Waals surface area contributed by atoms with Crippen molar-refractivity contribution in [3.05, 3.63) is 28.7 Å². The molecule has 0 saturated carbocycles. The van der Waals surface area contributed by atoms with Gasteiger partial charge in [0.1, 0.15) is 5.15 Å². The summed E-state index contributed by atoms with van der Waals surface area (Å²) < 4.78 is 6.32. The molecule has 0 atom stereocenters. The van der Waals surface area contributed by atoms with Crippen molar-refractivity contribution in [2.24, 2.45) is 0 Å². The molecule has 2 heterocycles. The molecule has 0 fully saturated rings. The fraction of sp³-hybridized carbons (Fsp3) is 0.300. The van der Waals surface area contributed by atoms with Crippen LogP contribution in [0.4, 0.5) is 0 Å². The zero-order chi connectivity index (χ0) is 11.7. The summed E-state index contributed by atoms with van der Waals surface area (Å²) in [6.07, 6.45) is 0. The number of hydrogen-bond acceptors (Lipinski definition) is 4. The number of fused-ring (bicyclic) bond motifs is 1. The zero-order valence-corrected chi connectivity index (χ0v) is 9.65.